The number of hydrogen-bond acceptors (Lipinski definition) is 0. The minimum absolute atomic E-state index is 0.309. The molecule has 0 radical (unpaired) electrons. The Kier molecular flexibility index (Phi) is 23.2. The number of hydrogen-bond donors (Lipinski definition) is 0. The predicted octanol–water partition coefficient (Wildman–Crippen LogP) is 39.3. The number of alkyl halides is 6. The van der Waals surface area contributed by atoms with Crippen LogP contribution in [0.3, 0.4) is 0 Å². The van der Waals surface area contributed by atoms with Gasteiger partial charge in [0.15, 0.2) is 0 Å². The number of fused-ring (bicyclic) bond motifs is 6. The number of rotatable bonds is 16. The van der Waals surface area contributed by atoms with E-state index in [9.17, 15) is 0 Å². The third-order valence-corrected chi connectivity index (χ3v) is 27.5. The fourth-order valence-corrected chi connectivity index (χ4v) is 20.9. The van der Waals surface area contributed by atoms with E-state index in [-0.39, 0.29) is 11.6 Å². The van der Waals surface area contributed by atoms with E-state index in [0.717, 1.165) is 189 Å². The van der Waals surface area contributed by atoms with E-state index in [1.807, 2.05) is 267 Å². The van der Waals surface area contributed by atoms with Gasteiger partial charge >= 0.3 is 12.4 Å². The Morgan fingerprint density at radius 3 is 0.514 bits per heavy atom. The second-order valence-corrected chi connectivity index (χ2v) is 35.9. The van der Waals surface area contributed by atoms with E-state index in [1.54, 1.807) is 36.4 Å². The molecule has 0 amide bonds. The second kappa shape index (κ2) is 37.3. The van der Waals surface area contributed by atoms with Crippen molar-refractivity contribution in [2.75, 3.05) is 0 Å². The van der Waals surface area contributed by atoms with Crippen LogP contribution in [0.1, 0.15) is 11.1 Å². The van der Waals surface area contributed by atoms with E-state index in [2.05, 4.69) is 170 Å². The molecule has 0 spiro atoms. The summed E-state index contributed by atoms with van der Waals surface area (Å²) in [4.78, 5) is 0. The smallest absolute Gasteiger partial charge is 0.206 e. The van der Waals surface area contributed by atoms with E-state index in [1.165, 1.54) is 24.3 Å². The lowest BCUT2D eigenvalue weighted by atomic mass is 9.76. The molecule has 0 atom stereocenters. The standard InChI is InChI=1S/C68H42F6.C66H42F2/c69-67(70,71)55-25-13-23-53(39-55)63-60-42-52(46-21-11-4-12-22-46)36-38-58(60)62(50-33-29-48(30-34-50)44-17-7-2-8-18-44)66-64(54-24-14-26-56(40-54)68(72,73)74)59-41-51(45-19-9-3-10-20-45)35-37-57(59)61(65(63)66)49-31-27-47(28-32-49)43-15-5-1-6-16-43;67-59-27-15-13-25-55(59)63-58-42-52(46-23-11-4-12-24-46)38-40-54(58)62(50-35-31-48(32-36-50)44-19-7-2-8-20-44)66-64(56-26-14-16-28-60(56)68)57-41-51(45-21-9-3-10-22-45)37-39-53(57)61(65(63)66)49-33-29-47(30-34-49)43-17-5-1-6-18-43/h1-42H;1-42H. The Hall–Kier alpha value is -17.7. The molecule has 676 valence electrons. The van der Waals surface area contributed by atoms with Crippen LogP contribution in [0.15, 0.2) is 510 Å². The molecule has 0 aliphatic heterocycles. The zero-order valence-corrected chi connectivity index (χ0v) is 76.5. The van der Waals surface area contributed by atoms with Crippen LogP contribution >= 0.6 is 0 Å². The van der Waals surface area contributed by atoms with Crippen molar-refractivity contribution < 1.29 is 35.1 Å². The van der Waals surface area contributed by atoms with Crippen LogP contribution < -0.4 is 0 Å². The van der Waals surface area contributed by atoms with E-state index < -0.39 is 23.5 Å². The van der Waals surface area contributed by atoms with Gasteiger partial charge in [-0.05, 0) is 281 Å². The maximum atomic E-state index is 17.1. The predicted molar refractivity (Wildman–Crippen MR) is 575 cm³/mol. The molecule has 0 aliphatic rings. The highest BCUT2D eigenvalue weighted by atomic mass is 19.4. The van der Waals surface area contributed by atoms with Crippen LogP contribution in [0.2, 0.25) is 0 Å². The van der Waals surface area contributed by atoms with Gasteiger partial charge in [0.1, 0.15) is 11.6 Å². The molecule has 24 aromatic rings. The summed E-state index contributed by atoms with van der Waals surface area (Å²) in [7, 11) is 0. The van der Waals surface area contributed by atoms with Crippen molar-refractivity contribution in [1.82, 2.24) is 0 Å². The van der Waals surface area contributed by atoms with Crippen molar-refractivity contribution >= 4 is 64.6 Å². The summed E-state index contributed by atoms with van der Waals surface area (Å²) in [6, 6.07) is 165. The fourth-order valence-electron chi connectivity index (χ4n) is 20.9. The molecule has 142 heavy (non-hydrogen) atoms. The van der Waals surface area contributed by atoms with Crippen molar-refractivity contribution in [3.8, 4) is 178 Å². The first kappa shape index (κ1) is 88.3. The molecule has 24 rings (SSSR count). The van der Waals surface area contributed by atoms with Gasteiger partial charge in [0, 0.05) is 22.3 Å². The van der Waals surface area contributed by atoms with E-state index >= 15 is 35.1 Å². The molecule has 24 aromatic carbocycles. The lowest BCUT2D eigenvalue weighted by Gasteiger charge is -2.26. The van der Waals surface area contributed by atoms with Crippen LogP contribution in [0.25, 0.3) is 243 Å². The Bertz CT molecular complexity index is 8360. The summed E-state index contributed by atoms with van der Waals surface area (Å²) in [5, 5.41) is 9.35. The van der Waals surface area contributed by atoms with Gasteiger partial charge in [0.2, 0.25) is 0 Å². The van der Waals surface area contributed by atoms with Gasteiger partial charge in [-0.25, -0.2) is 8.78 Å². The summed E-state index contributed by atoms with van der Waals surface area (Å²) in [6.07, 6.45) is -9.37. The van der Waals surface area contributed by atoms with Crippen LogP contribution in [0.5, 0.6) is 0 Å². The Morgan fingerprint density at radius 2 is 0.289 bits per heavy atom. The molecule has 0 unspecified atom stereocenters. The molecule has 0 fully saturated rings. The first-order chi connectivity index (χ1) is 69.6. The molecular formula is C134H84F8. The van der Waals surface area contributed by atoms with Crippen LogP contribution in [0, 0.1) is 11.6 Å². The van der Waals surface area contributed by atoms with Crippen LogP contribution in [-0.4, -0.2) is 0 Å². The van der Waals surface area contributed by atoms with Gasteiger partial charge < -0.3 is 0 Å². The van der Waals surface area contributed by atoms with Gasteiger partial charge in [-0.1, -0.05) is 449 Å². The summed E-state index contributed by atoms with van der Waals surface area (Å²) < 4.78 is 125. The first-order valence-corrected chi connectivity index (χ1v) is 47.3. The highest BCUT2D eigenvalue weighted by Crippen LogP contribution is 2.59. The molecule has 0 heterocycles. The van der Waals surface area contributed by atoms with Gasteiger partial charge in [-0.15, -0.1) is 0 Å². The minimum Gasteiger partial charge on any atom is -0.206 e. The molecule has 0 nitrogen and oxygen atoms in total. The average Bonchev–Trinajstić information content (AvgIpc) is 0.692. The first-order valence-electron chi connectivity index (χ1n) is 47.3. The molecule has 0 saturated heterocycles. The van der Waals surface area contributed by atoms with Crippen LogP contribution in [0.4, 0.5) is 35.1 Å². The summed E-state index contributed by atoms with van der Waals surface area (Å²) in [5.74, 6) is -0.671. The largest absolute Gasteiger partial charge is 0.416 e. The maximum Gasteiger partial charge on any atom is 0.416 e. The third kappa shape index (κ3) is 16.7. The highest BCUT2D eigenvalue weighted by Gasteiger charge is 2.36. The zero-order valence-electron chi connectivity index (χ0n) is 76.5. The maximum absolute atomic E-state index is 17.1. The van der Waals surface area contributed by atoms with Crippen LogP contribution in [-0.2, 0) is 12.4 Å². The topological polar surface area (TPSA) is 0 Å². The monoisotopic (exact) mass is 1840 g/mol. The third-order valence-electron chi connectivity index (χ3n) is 27.5. The molecule has 0 N–H and O–H groups in total. The average molecular weight is 1850 g/mol. The Balaban J connectivity index is 0.000000158. The molecule has 0 saturated carbocycles. The molecular weight excluding hydrogens is 1760 g/mol. The fraction of sp³-hybridized carbons (Fsp3) is 0.0149. The van der Waals surface area contributed by atoms with Gasteiger partial charge in [-0.2, -0.15) is 26.3 Å². The van der Waals surface area contributed by atoms with Gasteiger partial charge in [0.25, 0.3) is 0 Å². The molecule has 0 aromatic heterocycles. The van der Waals surface area contributed by atoms with Crippen molar-refractivity contribution in [1.29, 1.82) is 0 Å². The van der Waals surface area contributed by atoms with Crippen molar-refractivity contribution in [3.05, 3.63) is 532 Å². The van der Waals surface area contributed by atoms with E-state index in [4.69, 9.17) is 0 Å². The Morgan fingerprint density at radius 1 is 0.120 bits per heavy atom. The number of benzene rings is 24. The normalized spacial score (nSPS) is 11.7. The van der Waals surface area contributed by atoms with Crippen molar-refractivity contribution in [2.45, 2.75) is 12.4 Å². The summed E-state index contributed by atoms with van der Waals surface area (Å²) in [6.45, 7) is 0. The van der Waals surface area contributed by atoms with Crippen molar-refractivity contribution in [2.24, 2.45) is 0 Å². The van der Waals surface area contributed by atoms with E-state index in [0.29, 0.717) is 65.7 Å². The second-order valence-electron chi connectivity index (χ2n) is 35.9. The lowest BCUT2D eigenvalue weighted by Crippen LogP contribution is -2.05. The SMILES string of the molecule is FC(F)(F)c1cccc(-c2c3cc(-c4ccccc4)ccc3c(-c3ccc(-c4ccccc4)cc3)c3c(-c4cccc(C(F)(F)F)c4)c4cc(-c5ccccc5)ccc4c(-c4ccc(-c5ccccc5)cc4)c23)c1.Fc1ccccc1-c1c2cc(-c3ccccc3)ccc2c(-c2ccc(-c3ccccc3)cc2)c2c(-c3ccccc3F)c3cc(-c4ccccc4)ccc3c(-c3ccc(-c4ccccc4)cc3)c12. The number of halogens is 8. The molecule has 0 bridgehead atoms. The van der Waals surface area contributed by atoms with Gasteiger partial charge in [-0.3, -0.25) is 0 Å². The quantitative estimate of drug-likeness (QED) is 0.0668. The minimum atomic E-state index is -4.68. The van der Waals surface area contributed by atoms with Gasteiger partial charge in [0.05, 0.1) is 11.1 Å². The highest BCUT2D eigenvalue weighted by molar-refractivity contribution is 6.36. The molecule has 0 aliphatic carbocycles. The molecule has 8 heteroatoms. The zero-order chi connectivity index (χ0) is 96.1. The lowest BCUT2D eigenvalue weighted by molar-refractivity contribution is -0.138. The summed E-state index contributed by atoms with van der Waals surface area (Å²) in [5.41, 5.74) is 25.3. The van der Waals surface area contributed by atoms with Crippen molar-refractivity contribution in [3.63, 3.8) is 0 Å². The Labute approximate surface area is 817 Å². The summed E-state index contributed by atoms with van der Waals surface area (Å²) >= 11 is 0.